The Hall–Kier alpha value is -0.980. The average molecular weight is 390 g/mol. The second-order valence-corrected chi connectivity index (χ2v) is 4.68. The van der Waals surface area contributed by atoms with Gasteiger partial charge in [0.2, 0.25) is 0 Å². The van der Waals surface area contributed by atoms with Gasteiger partial charge in [0.15, 0.2) is 5.96 Å². The summed E-state index contributed by atoms with van der Waals surface area (Å²) >= 11 is 0. The Kier molecular flexibility index (Phi) is 10.2. The molecule has 0 spiro atoms. The van der Waals surface area contributed by atoms with Gasteiger partial charge in [0.05, 0.1) is 0 Å². The summed E-state index contributed by atoms with van der Waals surface area (Å²) in [6.45, 7) is 6.15. The number of anilines is 1. The topological polar surface area (TPSA) is 39.7 Å². The molecule has 0 fully saturated rings. The van der Waals surface area contributed by atoms with Crippen molar-refractivity contribution in [3.8, 4) is 0 Å². The SMILES string of the molecule is CCCNC(=NC)NCC(C)N(C)c1ccccc1.I. The molecule has 0 amide bonds. The van der Waals surface area contributed by atoms with Gasteiger partial charge in [-0.25, -0.2) is 0 Å². The predicted molar refractivity (Wildman–Crippen MR) is 99.4 cm³/mol. The fraction of sp³-hybridized carbons (Fsp3) is 0.533. The lowest BCUT2D eigenvalue weighted by molar-refractivity contribution is 0.647. The second-order valence-electron chi connectivity index (χ2n) is 4.68. The Morgan fingerprint density at radius 2 is 1.90 bits per heavy atom. The van der Waals surface area contributed by atoms with Crippen LogP contribution in [0.2, 0.25) is 0 Å². The molecule has 0 saturated heterocycles. The maximum absolute atomic E-state index is 4.21. The van der Waals surface area contributed by atoms with Crippen LogP contribution in [0.4, 0.5) is 5.69 Å². The first-order chi connectivity index (χ1) is 9.19. The van der Waals surface area contributed by atoms with Crippen LogP contribution in [0.3, 0.4) is 0 Å². The Balaban J connectivity index is 0.00000361. The fourth-order valence-electron chi connectivity index (χ4n) is 1.76. The highest BCUT2D eigenvalue weighted by Crippen LogP contribution is 2.13. The van der Waals surface area contributed by atoms with Gasteiger partial charge in [0.1, 0.15) is 0 Å². The third kappa shape index (κ3) is 6.45. The van der Waals surface area contributed by atoms with E-state index in [0.717, 1.165) is 25.5 Å². The molecular formula is C15H27IN4. The molecular weight excluding hydrogens is 363 g/mol. The summed E-state index contributed by atoms with van der Waals surface area (Å²) in [6.07, 6.45) is 1.10. The number of hydrogen-bond acceptors (Lipinski definition) is 2. The lowest BCUT2D eigenvalue weighted by Gasteiger charge is -2.27. The van der Waals surface area contributed by atoms with Crippen molar-refractivity contribution < 1.29 is 0 Å². The molecule has 0 aliphatic rings. The van der Waals surface area contributed by atoms with Crippen molar-refractivity contribution in [1.29, 1.82) is 0 Å². The smallest absolute Gasteiger partial charge is 0.191 e. The van der Waals surface area contributed by atoms with Gasteiger partial charge >= 0.3 is 0 Å². The first kappa shape index (κ1) is 19.0. The summed E-state index contributed by atoms with van der Waals surface area (Å²) < 4.78 is 0. The maximum Gasteiger partial charge on any atom is 0.191 e. The summed E-state index contributed by atoms with van der Waals surface area (Å²) in [7, 11) is 3.92. The molecule has 1 aromatic carbocycles. The molecule has 0 heterocycles. The van der Waals surface area contributed by atoms with Crippen molar-refractivity contribution in [2.75, 3.05) is 32.1 Å². The largest absolute Gasteiger partial charge is 0.370 e. The van der Waals surface area contributed by atoms with Gasteiger partial charge in [-0.1, -0.05) is 25.1 Å². The van der Waals surface area contributed by atoms with Crippen molar-refractivity contribution in [2.45, 2.75) is 26.3 Å². The van der Waals surface area contributed by atoms with Gasteiger partial charge in [0.25, 0.3) is 0 Å². The Labute approximate surface area is 140 Å². The van der Waals surface area contributed by atoms with Gasteiger partial charge in [0, 0.05) is 38.9 Å². The first-order valence-corrected chi connectivity index (χ1v) is 6.91. The van der Waals surface area contributed by atoms with E-state index in [2.05, 4.69) is 65.7 Å². The van der Waals surface area contributed by atoms with Gasteiger partial charge in [-0.15, -0.1) is 24.0 Å². The van der Waals surface area contributed by atoms with Crippen molar-refractivity contribution >= 4 is 35.6 Å². The average Bonchev–Trinajstić information content (AvgIpc) is 2.47. The molecule has 4 nitrogen and oxygen atoms in total. The number of halogens is 1. The molecule has 0 bridgehead atoms. The highest BCUT2D eigenvalue weighted by atomic mass is 127. The van der Waals surface area contributed by atoms with E-state index in [1.807, 2.05) is 6.07 Å². The molecule has 0 radical (unpaired) electrons. The summed E-state index contributed by atoms with van der Waals surface area (Å²) in [4.78, 5) is 6.47. The van der Waals surface area contributed by atoms with E-state index in [0.29, 0.717) is 6.04 Å². The molecule has 1 unspecified atom stereocenters. The first-order valence-electron chi connectivity index (χ1n) is 6.91. The third-order valence-corrected chi connectivity index (χ3v) is 3.16. The fourth-order valence-corrected chi connectivity index (χ4v) is 1.76. The zero-order chi connectivity index (χ0) is 14.1. The van der Waals surface area contributed by atoms with Crippen LogP contribution in [0.25, 0.3) is 0 Å². The molecule has 0 aromatic heterocycles. The van der Waals surface area contributed by atoms with Crippen molar-refractivity contribution in [1.82, 2.24) is 10.6 Å². The van der Waals surface area contributed by atoms with E-state index >= 15 is 0 Å². The van der Waals surface area contributed by atoms with Crippen LogP contribution in [0, 0.1) is 0 Å². The lowest BCUT2D eigenvalue weighted by Crippen LogP contribution is -2.45. The quantitative estimate of drug-likeness (QED) is 0.446. The molecule has 0 aliphatic carbocycles. The van der Waals surface area contributed by atoms with Crippen LogP contribution in [0.15, 0.2) is 35.3 Å². The highest BCUT2D eigenvalue weighted by molar-refractivity contribution is 14.0. The van der Waals surface area contributed by atoms with Crippen molar-refractivity contribution in [3.63, 3.8) is 0 Å². The highest BCUT2D eigenvalue weighted by Gasteiger charge is 2.10. The van der Waals surface area contributed by atoms with Crippen molar-refractivity contribution in [3.05, 3.63) is 30.3 Å². The number of nitrogens with one attached hydrogen (secondary N) is 2. The number of nitrogens with zero attached hydrogens (tertiary/aromatic N) is 2. The van der Waals surface area contributed by atoms with Crippen LogP contribution in [-0.4, -0.2) is 39.2 Å². The van der Waals surface area contributed by atoms with E-state index in [1.165, 1.54) is 5.69 Å². The summed E-state index contributed by atoms with van der Waals surface area (Å²) in [6, 6.07) is 10.8. The maximum atomic E-state index is 4.21. The van der Waals surface area contributed by atoms with Gasteiger partial charge in [-0.3, -0.25) is 4.99 Å². The molecule has 1 aromatic rings. The Morgan fingerprint density at radius 3 is 2.45 bits per heavy atom. The van der Waals surface area contributed by atoms with Gasteiger partial charge < -0.3 is 15.5 Å². The number of benzene rings is 1. The number of likely N-dealkylation sites (N-methyl/N-ethyl adjacent to an activating group) is 1. The molecule has 2 N–H and O–H groups in total. The van der Waals surface area contributed by atoms with Crippen LogP contribution in [0.1, 0.15) is 20.3 Å². The van der Waals surface area contributed by atoms with E-state index < -0.39 is 0 Å². The minimum atomic E-state index is 0. The molecule has 20 heavy (non-hydrogen) atoms. The van der Waals surface area contributed by atoms with Gasteiger partial charge in [-0.05, 0) is 25.5 Å². The summed E-state index contributed by atoms with van der Waals surface area (Å²) in [5, 5.41) is 6.63. The Morgan fingerprint density at radius 1 is 1.25 bits per heavy atom. The Bertz CT molecular complexity index is 381. The lowest BCUT2D eigenvalue weighted by atomic mass is 10.2. The molecule has 0 aliphatic heterocycles. The molecule has 5 heteroatoms. The minimum absolute atomic E-state index is 0. The zero-order valence-electron chi connectivity index (χ0n) is 12.9. The molecule has 0 saturated carbocycles. The zero-order valence-corrected chi connectivity index (χ0v) is 15.2. The molecule has 1 atom stereocenters. The number of guanidine groups is 1. The van der Waals surface area contributed by atoms with E-state index in [9.17, 15) is 0 Å². The summed E-state index contributed by atoms with van der Waals surface area (Å²) in [5.74, 6) is 0.871. The molecule has 1 rings (SSSR count). The van der Waals surface area contributed by atoms with E-state index in [1.54, 1.807) is 7.05 Å². The van der Waals surface area contributed by atoms with E-state index in [4.69, 9.17) is 0 Å². The number of hydrogen-bond donors (Lipinski definition) is 2. The number of rotatable bonds is 6. The normalized spacial score (nSPS) is 12.3. The summed E-state index contributed by atoms with van der Waals surface area (Å²) in [5.41, 5.74) is 1.23. The standard InChI is InChI=1S/C15H26N4.HI/c1-5-11-17-15(16-3)18-12-13(2)19(4)14-9-7-6-8-10-14;/h6-10,13H,5,11-12H2,1-4H3,(H2,16,17,18);1H. The minimum Gasteiger partial charge on any atom is -0.370 e. The number of para-hydroxylation sites is 1. The molecule has 114 valence electrons. The third-order valence-electron chi connectivity index (χ3n) is 3.16. The van der Waals surface area contributed by atoms with Crippen LogP contribution in [0.5, 0.6) is 0 Å². The van der Waals surface area contributed by atoms with Crippen LogP contribution >= 0.6 is 24.0 Å². The second kappa shape index (κ2) is 10.8. The van der Waals surface area contributed by atoms with Gasteiger partial charge in [-0.2, -0.15) is 0 Å². The number of aliphatic imine (C=N–C) groups is 1. The van der Waals surface area contributed by atoms with Crippen LogP contribution in [-0.2, 0) is 0 Å². The van der Waals surface area contributed by atoms with Crippen molar-refractivity contribution in [2.24, 2.45) is 4.99 Å². The van der Waals surface area contributed by atoms with Crippen LogP contribution < -0.4 is 15.5 Å². The van der Waals surface area contributed by atoms with E-state index in [-0.39, 0.29) is 24.0 Å². The predicted octanol–water partition coefficient (Wildman–Crippen LogP) is 2.70. The monoisotopic (exact) mass is 390 g/mol.